The molecular formula is C18H24ClNO. The zero-order valence-electron chi connectivity index (χ0n) is 12.7. The van der Waals surface area contributed by atoms with Gasteiger partial charge in [0.15, 0.2) is 0 Å². The van der Waals surface area contributed by atoms with E-state index in [1.807, 2.05) is 30.3 Å². The van der Waals surface area contributed by atoms with Gasteiger partial charge in [-0.15, -0.1) is 12.4 Å². The minimum absolute atomic E-state index is 0. The molecule has 2 nitrogen and oxygen atoms in total. The molecule has 0 saturated carbocycles. The van der Waals surface area contributed by atoms with Crippen molar-refractivity contribution in [3.05, 3.63) is 65.7 Å². The van der Waals surface area contributed by atoms with Crippen molar-refractivity contribution in [3.63, 3.8) is 0 Å². The van der Waals surface area contributed by atoms with E-state index in [1.54, 1.807) is 0 Å². The third kappa shape index (κ3) is 5.07. The average Bonchev–Trinajstić information content (AvgIpc) is 2.52. The van der Waals surface area contributed by atoms with Crippen LogP contribution in [0.5, 0.6) is 5.75 Å². The average molecular weight is 306 g/mol. The molecule has 0 heterocycles. The Morgan fingerprint density at radius 2 is 1.76 bits per heavy atom. The summed E-state index contributed by atoms with van der Waals surface area (Å²) in [5.74, 6) is 1.35. The standard InChI is InChI=1S/C18H23NO.ClH/c1-3-14(2)18(19)16-10-7-11-17(12-16)20-13-15-8-5-4-6-9-15;/h4-12,14,18H,3,13,19H2,1-2H3;1H/t14?,18-;/m1./s1. The largest absolute Gasteiger partial charge is 0.489 e. The maximum Gasteiger partial charge on any atom is 0.120 e. The Morgan fingerprint density at radius 1 is 1.05 bits per heavy atom. The molecule has 0 aliphatic rings. The molecule has 2 rings (SSSR count). The minimum atomic E-state index is 0. The van der Waals surface area contributed by atoms with Crippen LogP contribution in [-0.2, 0) is 6.61 Å². The van der Waals surface area contributed by atoms with E-state index >= 15 is 0 Å². The molecule has 1 unspecified atom stereocenters. The van der Waals surface area contributed by atoms with Crippen LogP contribution in [-0.4, -0.2) is 0 Å². The van der Waals surface area contributed by atoms with Crippen LogP contribution >= 0.6 is 12.4 Å². The Balaban J connectivity index is 0.00000220. The Hall–Kier alpha value is -1.51. The summed E-state index contributed by atoms with van der Waals surface area (Å²) < 4.78 is 5.84. The van der Waals surface area contributed by atoms with Crippen molar-refractivity contribution in [2.45, 2.75) is 32.9 Å². The van der Waals surface area contributed by atoms with E-state index in [9.17, 15) is 0 Å². The van der Waals surface area contributed by atoms with Gasteiger partial charge in [-0.2, -0.15) is 0 Å². The van der Waals surface area contributed by atoms with Crippen LogP contribution in [0.1, 0.15) is 37.4 Å². The smallest absolute Gasteiger partial charge is 0.120 e. The van der Waals surface area contributed by atoms with Gasteiger partial charge >= 0.3 is 0 Å². The Morgan fingerprint density at radius 3 is 2.43 bits per heavy atom. The fourth-order valence-electron chi connectivity index (χ4n) is 2.14. The lowest BCUT2D eigenvalue weighted by molar-refractivity contribution is 0.305. The molecule has 0 radical (unpaired) electrons. The van der Waals surface area contributed by atoms with Crippen LogP contribution in [0, 0.1) is 5.92 Å². The third-order valence-electron chi connectivity index (χ3n) is 3.75. The number of hydrogen-bond donors (Lipinski definition) is 1. The highest BCUT2D eigenvalue weighted by molar-refractivity contribution is 5.85. The highest BCUT2D eigenvalue weighted by Gasteiger charge is 2.13. The third-order valence-corrected chi connectivity index (χ3v) is 3.75. The molecule has 0 amide bonds. The number of hydrogen-bond acceptors (Lipinski definition) is 2. The molecule has 21 heavy (non-hydrogen) atoms. The van der Waals surface area contributed by atoms with Gasteiger partial charge in [0.2, 0.25) is 0 Å². The van der Waals surface area contributed by atoms with Crippen molar-refractivity contribution in [1.82, 2.24) is 0 Å². The van der Waals surface area contributed by atoms with Gasteiger partial charge in [-0.05, 0) is 29.2 Å². The van der Waals surface area contributed by atoms with E-state index in [-0.39, 0.29) is 18.4 Å². The summed E-state index contributed by atoms with van der Waals surface area (Å²) in [5, 5.41) is 0. The SMILES string of the molecule is CCC(C)[C@@H](N)c1cccc(OCc2ccccc2)c1.Cl. The Labute approximate surface area is 133 Å². The molecule has 0 aliphatic heterocycles. The summed E-state index contributed by atoms with van der Waals surface area (Å²) in [7, 11) is 0. The van der Waals surface area contributed by atoms with Gasteiger partial charge in [0, 0.05) is 6.04 Å². The van der Waals surface area contributed by atoms with Crippen LogP contribution in [0.3, 0.4) is 0 Å². The molecule has 2 atom stereocenters. The molecule has 0 saturated heterocycles. The number of nitrogens with two attached hydrogens (primary N) is 1. The van der Waals surface area contributed by atoms with Crippen molar-refractivity contribution in [2.24, 2.45) is 11.7 Å². The van der Waals surface area contributed by atoms with E-state index in [2.05, 4.69) is 38.1 Å². The predicted molar refractivity (Wildman–Crippen MR) is 90.8 cm³/mol. The monoisotopic (exact) mass is 305 g/mol. The summed E-state index contributed by atoms with van der Waals surface area (Å²) >= 11 is 0. The lowest BCUT2D eigenvalue weighted by Crippen LogP contribution is -2.18. The van der Waals surface area contributed by atoms with Gasteiger partial charge in [-0.1, -0.05) is 62.7 Å². The molecule has 114 valence electrons. The van der Waals surface area contributed by atoms with Gasteiger partial charge in [0.25, 0.3) is 0 Å². The summed E-state index contributed by atoms with van der Waals surface area (Å²) in [6.45, 7) is 4.94. The summed E-state index contributed by atoms with van der Waals surface area (Å²) in [6, 6.07) is 18.4. The van der Waals surface area contributed by atoms with Gasteiger partial charge < -0.3 is 10.5 Å². The molecule has 0 aromatic heterocycles. The van der Waals surface area contributed by atoms with E-state index < -0.39 is 0 Å². The summed E-state index contributed by atoms with van der Waals surface area (Å²) in [6.07, 6.45) is 1.08. The first-order chi connectivity index (χ1) is 9.70. The second-order valence-electron chi connectivity index (χ2n) is 5.26. The first kappa shape index (κ1) is 17.5. The van der Waals surface area contributed by atoms with E-state index in [1.165, 1.54) is 5.56 Å². The second kappa shape index (κ2) is 8.71. The fourth-order valence-corrected chi connectivity index (χ4v) is 2.14. The molecule has 0 spiro atoms. The minimum Gasteiger partial charge on any atom is -0.489 e. The topological polar surface area (TPSA) is 35.2 Å². The molecule has 3 heteroatoms. The molecule has 0 fully saturated rings. The van der Waals surface area contributed by atoms with Gasteiger partial charge in [0.05, 0.1) is 0 Å². The van der Waals surface area contributed by atoms with E-state index in [4.69, 9.17) is 10.5 Å². The van der Waals surface area contributed by atoms with Crippen LogP contribution < -0.4 is 10.5 Å². The normalized spacial score (nSPS) is 13.1. The van der Waals surface area contributed by atoms with Crippen molar-refractivity contribution >= 4 is 12.4 Å². The van der Waals surface area contributed by atoms with E-state index in [0.29, 0.717) is 12.5 Å². The first-order valence-corrected chi connectivity index (χ1v) is 7.23. The lowest BCUT2D eigenvalue weighted by Gasteiger charge is -2.19. The highest BCUT2D eigenvalue weighted by Crippen LogP contribution is 2.25. The maximum absolute atomic E-state index is 6.27. The highest BCUT2D eigenvalue weighted by atomic mass is 35.5. The predicted octanol–water partition coefficient (Wildman–Crippen LogP) is 4.73. The quantitative estimate of drug-likeness (QED) is 0.837. The lowest BCUT2D eigenvalue weighted by atomic mass is 9.93. The Bertz CT molecular complexity index is 530. The zero-order valence-corrected chi connectivity index (χ0v) is 13.5. The van der Waals surface area contributed by atoms with Crippen molar-refractivity contribution in [1.29, 1.82) is 0 Å². The van der Waals surface area contributed by atoms with Crippen molar-refractivity contribution < 1.29 is 4.74 Å². The molecule has 2 aromatic carbocycles. The van der Waals surface area contributed by atoms with Crippen molar-refractivity contribution in [2.75, 3.05) is 0 Å². The van der Waals surface area contributed by atoms with Gasteiger partial charge in [-0.3, -0.25) is 0 Å². The molecular weight excluding hydrogens is 282 g/mol. The maximum atomic E-state index is 6.27. The molecule has 0 aliphatic carbocycles. The van der Waals surface area contributed by atoms with Crippen LogP contribution in [0.15, 0.2) is 54.6 Å². The molecule has 0 bridgehead atoms. The van der Waals surface area contributed by atoms with E-state index in [0.717, 1.165) is 17.7 Å². The zero-order chi connectivity index (χ0) is 14.4. The van der Waals surface area contributed by atoms with Gasteiger partial charge in [0.1, 0.15) is 12.4 Å². The summed E-state index contributed by atoms with van der Waals surface area (Å²) in [5.41, 5.74) is 8.58. The van der Waals surface area contributed by atoms with Crippen LogP contribution in [0.4, 0.5) is 0 Å². The Kier molecular flexibility index (Phi) is 7.27. The number of benzene rings is 2. The molecule has 2 N–H and O–H groups in total. The number of ether oxygens (including phenoxy) is 1. The number of halogens is 1. The fraction of sp³-hybridized carbons (Fsp3) is 0.333. The summed E-state index contributed by atoms with van der Waals surface area (Å²) in [4.78, 5) is 0. The van der Waals surface area contributed by atoms with Gasteiger partial charge in [-0.25, -0.2) is 0 Å². The number of rotatable bonds is 6. The molecule has 2 aromatic rings. The van der Waals surface area contributed by atoms with Crippen LogP contribution in [0.25, 0.3) is 0 Å². The van der Waals surface area contributed by atoms with Crippen molar-refractivity contribution in [3.8, 4) is 5.75 Å². The second-order valence-corrected chi connectivity index (χ2v) is 5.26. The van der Waals surface area contributed by atoms with Crippen LogP contribution in [0.2, 0.25) is 0 Å². The first-order valence-electron chi connectivity index (χ1n) is 7.23.